The molecular weight excluding hydrogens is 215 g/mol. The van der Waals surface area contributed by atoms with Crippen molar-refractivity contribution < 1.29 is 82.2 Å². The van der Waals surface area contributed by atoms with Gasteiger partial charge < -0.3 is 13.3 Å². The van der Waals surface area contributed by atoms with Crippen LogP contribution in [0.3, 0.4) is 0 Å². The van der Waals surface area contributed by atoms with Crippen LogP contribution in [0, 0.1) is 0 Å². The molecule has 0 heterocycles. The van der Waals surface area contributed by atoms with Crippen LogP contribution >= 0.6 is 0 Å². The van der Waals surface area contributed by atoms with Crippen molar-refractivity contribution in [1.29, 1.82) is 0 Å². The normalized spacial score (nSPS) is 10.2. The van der Waals surface area contributed by atoms with Gasteiger partial charge in [-0.25, -0.2) is 0 Å². The minimum absolute atomic E-state index is 0. The third kappa shape index (κ3) is 283. The van der Waals surface area contributed by atoms with E-state index in [1.165, 1.54) is 0 Å². The quantitative estimate of drug-likeness (QED) is 0.141. The Balaban J connectivity index is -0.0000000910. The third-order valence-electron chi connectivity index (χ3n) is 0. The number of hydrogen-bond acceptors (Lipinski definition) is 4. The van der Waals surface area contributed by atoms with E-state index < -0.39 is 21.8 Å². The molecule has 0 unspecified atom stereocenters. The van der Waals surface area contributed by atoms with Gasteiger partial charge in [-0.2, -0.15) is 8.42 Å². The van der Waals surface area contributed by atoms with Crippen LogP contribution < -0.4 is 51.4 Å². The Morgan fingerprint density at radius 1 is 1.10 bits per heavy atom. The van der Waals surface area contributed by atoms with Crippen LogP contribution in [-0.4, -0.2) is 26.6 Å². The zero-order valence-corrected chi connectivity index (χ0v) is 9.70. The molecule has 4 N–H and O–H groups in total. The Morgan fingerprint density at radius 3 is 1.10 bits per heavy atom. The number of rotatable bonds is 0. The summed E-state index contributed by atoms with van der Waals surface area (Å²) in [5.41, 5.74) is 0. The second kappa shape index (κ2) is 8.67. The molecule has 0 amide bonds. The van der Waals surface area contributed by atoms with Crippen molar-refractivity contribution in [2.24, 2.45) is 0 Å². The van der Waals surface area contributed by atoms with Gasteiger partial charge in [0, 0.05) is 0 Å². The predicted octanol–water partition coefficient (Wildman–Crippen LogP) is -4.02. The fraction of sp³-hybridized carbons (Fsp3) is 0. The molecule has 60 valence electrons. The maximum atomic E-state index is 8.74. The first-order chi connectivity index (χ1) is 3.73. The molecule has 7 nitrogen and oxygen atoms in total. The molecule has 0 aromatic heterocycles. The summed E-state index contributed by atoms with van der Waals surface area (Å²) in [5, 5.41) is 0. The summed E-state index contributed by atoms with van der Waals surface area (Å²) >= 11 is -2.87. The molecule has 0 rings (SSSR count). The smallest absolute Gasteiger partial charge is 0.442 e. The molecule has 0 atom stereocenters. The average Bonchev–Trinajstić information content (AvgIpc) is 1.19. The zero-order valence-electron chi connectivity index (χ0n) is 4.87. The van der Waals surface area contributed by atoms with Gasteiger partial charge in [0.15, 0.2) is 0 Å². The summed E-state index contributed by atoms with van der Waals surface area (Å²) in [4.78, 5) is 0. The molecule has 0 saturated carbocycles. The predicted molar refractivity (Wildman–Crippen MR) is 28.9 cm³/mol. The summed E-state index contributed by atoms with van der Waals surface area (Å²) in [5.74, 6) is 0. The van der Waals surface area contributed by atoms with Crippen LogP contribution in [0.4, 0.5) is 0 Å². The van der Waals surface area contributed by atoms with E-state index in [9.17, 15) is 0 Å². The van der Waals surface area contributed by atoms with Gasteiger partial charge in [0.1, 0.15) is 0 Å². The van der Waals surface area contributed by atoms with Crippen molar-refractivity contribution in [2.45, 2.75) is 0 Å². The largest absolute Gasteiger partial charge is 1.00 e. The molecule has 0 aromatic carbocycles. The van der Waals surface area contributed by atoms with Crippen molar-refractivity contribution in [1.82, 2.24) is 0 Å². The number of hydrogen-bond donors (Lipinski definition) is 4. The average molecular weight is 220 g/mol. The standard InChI is InChI=1S/K.H2O4S.H3O3S/c;1-5(2,3)4;1-4(2)3/h;(H2,1,2,3,4);4H,(H2,1,2,3)/q+1;;-1. The fourth-order valence-electron chi connectivity index (χ4n) is 0. The molecule has 10 heavy (non-hydrogen) atoms. The molecule has 0 spiro atoms. The molecule has 0 saturated heterocycles. The van der Waals surface area contributed by atoms with Crippen LogP contribution in [-0.2, 0) is 26.0 Å². The van der Waals surface area contributed by atoms with Gasteiger partial charge >= 0.3 is 61.8 Å². The Bertz CT molecular complexity index is 154. The SMILES string of the molecule is O=S(=O)(O)O.O=[SH-](O)O.[K+]. The van der Waals surface area contributed by atoms with E-state index in [-0.39, 0.29) is 51.4 Å². The van der Waals surface area contributed by atoms with E-state index in [0.29, 0.717) is 0 Å². The fourth-order valence-corrected chi connectivity index (χ4v) is 0. The molecular formula is H5KO7S2. The second-order valence-electron chi connectivity index (χ2n) is 0.701. The molecule has 0 aliphatic rings. The van der Waals surface area contributed by atoms with Crippen molar-refractivity contribution in [3.63, 3.8) is 0 Å². The Kier molecular flexibility index (Phi) is 15.3. The van der Waals surface area contributed by atoms with Crippen molar-refractivity contribution in [3.05, 3.63) is 0 Å². The van der Waals surface area contributed by atoms with Gasteiger partial charge in [-0.3, -0.25) is 9.11 Å². The Morgan fingerprint density at radius 2 is 1.10 bits per heavy atom. The van der Waals surface area contributed by atoms with Gasteiger partial charge in [-0.15, -0.1) is 0 Å². The minimum Gasteiger partial charge on any atom is -0.442 e. The molecule has 0 aromatic rings. The van der Waals surface area contributed by atoms with Gasteiger partial charge in [0.2, 0.25) is 0 Å². The van der Waals surface area contributed by atoms with Gasteiger partial charge in [0.25, 0.3) is 0 Å². The first kappa shape index (κ1) is 17.6. The zero-order chi connectivity index (χ0) is 8.08. The number of thiol groups is 1. The molecule has 0 bridgehead atoms. The first-order valence-electron chi connectivity index (χ1n) is 1.28. The van der Waals surface area contributed by atoms with Crippen molar-refractivity contribution in [2.75, 3.05) is 0 Å². The molecule has 0 fully saturated rings. The topological polar surface area (TPSA) is 132 Å². The maximum Gasteiger partial charge on any atom is 1.00 e. The molecule has 0 aliphatic heterocycles. The van der Waals surface area contributed by atoms with Crippen LogP contribution in [0.25, 0.3) is 0 Å². The minimum atomic E-state index is -4.67. The second-order valence-corrected chi connectivity index (χ2v) is 2.10. The summed E-state index contributed by atoms with van der Waals surface area (Å²) < 4.78 is 54.5. The van der Waals surface area contributed by atoms with Crippen LogP contribution in [0.1, 0.15) is 0 Å². The van der Waals surface area contributed by atoms with E-state index in [1.807, 2.05) is 0 Å². The maximum absolute atomic E-state index is 8.74. The first-order valence-corrected chi connectivity index (χ1v) is 3.84. The monoisotopic (exact) mass is 220 g/mol. The molecule has 0 aliphatic carbocycles. The van der Waals surface area contributed by atoms with Gasteiger partial charge in [-0.05, 0) is 0 Å². The van der Waals surface area contributed by atoms with Crippen LogP contribution in [0.5, 0.6) is 0 Å². The van der Waals surface area contributed by atoms with E-state index in [1.54, 1.807) is 0 Å². The van der Waals surface area contributed by atoms with Crippen molar-refractivity contribution in [3.8, 4) is 0 Å². The summed E-state index contributed by atoms with van der Waals surface area (Å²) in [7, 11) is -4.67. The van der Waals surface area contributed by atoms with Crippen LogP contribution in [0.2, 0.25) is 0 Å². The van der Waals surface area contributed by atoms with E-state index in [0.717, 1.165) is 0 Å². The van der Waals surface area contributed by atoms with Crippen molar-refractivity contribution >= 4 is 21.8 Å². The van der Waals surface area contributed by atoms with E-state index >= 15 is 0 Å². The Hall–Kier alpha value is 1.58. The van der Waals surface area contributed by atoms with E-state index in [4.69, 9.17) is 30.8 Å². The van der Waals surface area contributed by atoms with Gasteiger partial charge in [0.05, 0.1) is 0 Å². The van der Waals surface area contributed by atoms with Crippen LogP contribution in [0.15, 0.2) is 0 Å². The third-order valence-corrected chi connectivity index (χ3v) is 0. The summed E-state index contributed by atoms with van der Waals surface area (Å²) in [6.45, 7) is 0. The molecule has 0 radical (unpaired) electrons. The Labute approximate surface area is 102 Å². The van der Waals surface area contributed by atoms with E-state index in [2.05, 4.69) is 0 Å². The van der Waals surface area contributed by atoms with Gasteiger partial charge in [-0.1, -0.05) is 11.4 Å². The summed E-state index contributed by atoms with van der Waals surface area (Å²) in [6, 6.07) is 0. The molecule has 10 heteroatoms. The summed E-state index contributed by atoms with van der Waals surface area (Å²) in [6.07, 6.45) is 0.